The molecule has 0 saturated carbocycles. The fourth-order valence-corrected chi connectivity index (χ4v) is 3.70. The number of nitrogens with one attached hydrogen (secondary N) is 1. The molecule has 0 spiro atoms. The maximum Gasteiger partial charge on any atom is 0.142 e. The first-order chi connectivity index (χ1) is 9.15. The summed E-state index contributed by atoms with van der Waals surface area (Å²) in [5.74, 6) is -0.381. The Balaban J connectivity index is 2.43. The molecule has 102 valence electrons. The Hall–Kier alpha value is -0.420. The van der Waals surface area contributed by atoms with Gasteiger partial charge in [-0.1, -0.05) is 30.7 Å². The van der Waals surface area contributed by atoms with E-state index in [1.165, 1.54) is 6.07 Å². The van der Waals surface area contributed by atoms with Crippen LogP contribution in [0.2, 0.25) is 5.02 Å². The normalized spacial score (nSPS) is 12.6. The summed E-state index contributed by atoms with van der Waals surface area (Å²) in [4.78, 5) is 0. The Bertz CT molecular complexity index is 558. The number of hydrogen-bond donors (Lipinski definition) is 1. The molecule has 0 bridgehead atoms. The van der Waals surface area contributed by atoms with Gasteiger partial charge in [0.1, 0.15) is 5.82 Å². The molecule has 0 aliphatic rings. The van der Waals surface area contributed by atoms with Gasteiger partial charge in [-0.2, -0.15) is 11.3 Å². The van der Waals surface area contributed by atoms with Crippen LogP contribution < -0.4 is 5.32 Å². The van der Waals surface area contributed by atoms with Gasteiger partial charge in [-0.05, 0) is 51.5 Å². The molecule has 1 unspecified atom stereocenters. The fraction of sp³-hybridized carbons (Fsp3) is 0.286. The quantitative estimate of drug-likeness (QED) is 0.751. The van der Waals surface area contributed by atoms with E-state index in [1.807, 2.05) is 11.4 Å². The van der Waals surface area contributed by atoms with Crippen LogP contribution in [0.15, 0.2) is 33.4 Å². The molecule has 2 rings (SSSR count). The maximum absolute atomic E-state index is 13.6. The molecule has 0 amide bonds. The van der Waals surface area contributed by atoms with Crippen LogP contribution in [0.1, 0.15) is 30.5 Å². The molecule has 5 heteroatoms. The number of benzene rings is 1. The van der Waals surface area contributed by atoms with E-state index in [2.05, 4.69) is 33.6 Å². The van der Waals surface area contributed by atoms with Crippen molar-refractivity contribution in [1.29, 1.82) is 0 Å². The predicted octanol–water partition coefficient (Wildman–Crippen LogP) is 5.39. The van der Waals surface area contributed by atoms with Gasteiger partial charge in [-0.25, -0.2) is 4.39 Å². The molecule has 0 saturated heterocycles. The van der Waals surface area contributed by atoms with Gasteiger partial charge < -0.3 is 5.32 Å². The number of thiophene rings is 1. The highest BCUT2D eigenvalue weighted by atomic mass is 79.9. The lowest BCUT2D eigenvalue weighted by Crippen LogP contribution is -2.23. The summed E-state index contributed by atoms with van der Waals surface area (Å²) < 4.78 is 14.7. The molecule has 1 heterocycles. The molecule has 0 aliphatic carbocycles. The van der Waals surface area contributed by atoms with Crippen molar-refractivity contribution in [2.24, 2.45) is 0 Å². The van der Waals surface area contributed by atoms with Crippen LogP contribution in [0.4, 0.5) is 4.39 Å². The minimum Gasteiger partial charge on any atom is -0.306 e. The lowest BCUT2D eigenvalue weighted by Gasteiger charge is -2.20. The summed E-state index contributed by atoms with van der Waals surface area (Å²) in [5.41, 5.74) is 1.86. The third kappa shape index (κ3) is 3.37. The van der Waals surface area contributed by atoms with E-state index in [0.717, 1.165) is 28.6 Å². The van der Waals surface area contributed by atoms with Crippen LogP contribution in [-0.2, 0) is 0 Å². The highest BCUT2D eigenvalue weighted by Crippen LogP contribution is 2.35. The average Bonchev–Trinajstić information content (AvgIpc) is 2.81. The van der Waals surface area contributed by atoms with Crippen molar-refractivity contribution < 1.29 is 4.39 Å². The standard InChI is InChI=1S/C14H14BrClFNS/c1-2-6-18-14(10-7-19-8-11(10)15)9-4-3-5-12(17)13(9)16/h3-5,7-8,14,18H,2,6H2,1H3. The Kier molecular flexibility index (Phi) is 5.39. The molecule has 1 atom stereocenters. The third-order valence-electron chi connectivity index (χ3n) is 2.84. The van der Waals surface area contributed by atoms with Crippen molar-refractivity contribution in [2.45, 2.75) is 19.4 Å². The van der Waals surface area contributed by atoms with Crippen molar-refractivity contribution in [3.63, 3.8) is 0 Å². The summed E-state index contributed by atoms with van der Waals surface area (Å²) in [6.07, 6.45) is 1.01. The smallest absolute Gasteiger partial charge is 0.142 e. The van der Waals surface area contributed by atoms with Gasteiger partial charge in [0.25, 0.3) is 0 Å². The van der Waals surface area contributed by atoms with E-state index in [-0.39, 0.29) is 16.9 Å². The largest absolute Gasteiger partial charge is 0.306 e. The Morgan fingerprint density at radius 2 is 2.16 bits per heavy atom. The van der Waals surface area contributed by atoms with E-state index in [9.17, 15) is 4.39 Å². The lowest BCUT2D eigenvalue weighted by atomic mass is 10.0. The molecular formula is C14H14BrClFNS. The fourth-order valence-electron chi connectivity index (χ4n) is 1.92. The second-order valence-corrected chi connectivity index (χ2v) is 6.18. The molecule has 1 N–H and O–H groups in total. The van der Waals surface area contributed by atoms with Crippen LogP contribution in [0.3, 0.4) is 0 Å². The van der Waals surface area contributed by atoms with Crippen LogP contribution in [0.5, 0.6) is 0 Å². The first-order valence-electron chi connectivity index (χ1n) is 6.04. The van der Waals surface area contributed by atoms with Crippen molar-refractivity contribution in [3.8, 4) is 0 Å². The molecule has 2 aromatic rings. The van der Waals surface area contributed by atoms with Crippen LogP contribution >= 0.6 is 38.9 Å². The highest BCUT2D eigenvalue weighted by molar-refractivity contribution is 9.10. The summed E-state index contributed by atoms with van der Waals surface area (Å²) in [5, 5.41) is 7.68. The van der Waals surface area contributed by atoms with E-state index < -0.39 is 0 Å². The molecule has 19 heavy (non-hydrogen) atoms. The van der Waals surface area contributed by atoms with Crippen molar-refractivity contribution >= 4 is 38.9 Å². The maximum atomic E-state index is 13.6. The van der Waals surface area contributed by atoms with Crippen molar-refractivity contribution in [1.82, 2.24) is 5.32 Å². The van der Waals surface area contributed by atoms with E-state index in [1.54, 1.807) is 17.4 Å². The average molecular weight is 363 g/mol. The minimum absolute atomic E-state index is 0.0937. The lowest BCUT2D eigenvalue weighted by molar-refractivity contribution is 0.586. The first kappa shape index (κ1) is 15.0. The summed E-state index contributed by atoms with van der Waals surface area (Å²) in [6, 6.07) is 4.84. The van der Waals surface area contributed by atoms with Gasteiger partial charge in [0.05, 0.1) is 11.1 Å². The Morgan fingerprint density at radius 1 is 1.37 bits per heavy atom. The van der Waals surface area contributed by atoms with Crippen LogP contribution in [0, 0.1) is 5.82 Å². The number of hydrogen-bond acceptors (Lipinski definition) is 2. The van der Waals surface area contributed by atoms with Gasteiger partial charge in [-0.15, -0.1) is 0 Å². The number of rotatable bonds is 5. The summed E-state index contributed by atoms with van der Waals surface area (Å²) in [6.45, 7) is 2.94. The van der Waals surface area contributed by atoms with Crippen molar-refractivity contribution in [3.05, 3.63) is 55.4 Å². The van der Waals surface area contributed by atoms with E-state index in [4.69, 9.17) is 11.6 Å². The van der Waals surface area contributed by atoms with Crippen molar-refractivity contribution in [2.75, 3.05) is 6.54 Å². The molecule has 1 aromatic carbocycles. The summed E-state index contributed by atoms with van der Waals surface area (Å²) >= 11 is 11.3. The topological polar surface area (TPSA) is 12.0 Å². The zero-order valence-electron chi connectivity index (χ0n) is 10.4. The van der Waals surface area contributed by atoms with Crippen LogP contribution in [0.25, 0.3) is 0 Å². The molecule has 0 aliphatic heterocycles. The Labute approximate surface area is 129 Å². The van der Waals surface area contributed by atoms with Gasteiger partial charge >= 0.3 is 0 Å². The van der Waals surface area contributed by atoms with E-state index >= 15 is 0 Å². The van der Waals surface area contributed by atoms with Gasteiger partial charge in [0, 0.05) is 9.85 Å². The zero-order chi connectivity index (χ0) is 13.8. The number of halogens is 3. The SMILES string of the molecule is CCCNC(c1cscc1Br)c1cccc(F)c1Cl. The highest BCUT2D eigenvalue weighted by Gasteiger charge is 2.20. The minimum atomic E-state index is -0.381. The Morgan fingerprint density at radius 3 is 2.79 bits per heavy atom. The predicted molar refractivity (Wildman–Crippen MR) is 83.6 cm³/mol. The molecule has 0 radical (unpaired) electrons. The zero-order valence-corrected chi connectivity index (χ0v) is 13.6. The van der Waals surface area contributed by atoms with E-state index in [0.29, 0.717) is 0 Å². The second kappa shape index (κ2) is 6.84. The first-order valence-corrected chi connectivity index (χ1v) is 8.15. The van der Waals surface area contributed by atoms with Crippen LogP contribution in [-0.4, -0.2) is 6.54 Å². The van der Waals surface area contributed by atoms with Gasteiger partial charge in [-0.3, -0.25) is 0 Å². The van der Waals surface area contributed by atoms with Gasteiger partial charge in [0.15, 0.2) is 0 Å². The molecule has 1 nitrogen and oxygen atoms in total. The monoisotopic (exact) mass is 361 g/mol. The van der Waals surface area contributed by atoms with Gasteiger partial charge in [0.2, 0.25) is 0 Å². The molecule has 1 aromatic heterocycles. The third-order valence-corrected chi connectivity index (χ3v) is 4.99. The summed E-state index contributed by atoms with van der Waals surface area (Å²) in [7, 11) is 0. The molecule has 0 fully saturated rings. The molecular weight excluding hydrogens is 349 g/mol. The second-order valence-electron chi connectivity index (χ2n) is 4.21.